The quantitative estimate of drug-likeness (QED) is 0.860. The highest BCUT2D eigenvalue weighted by molar-refractivity contribution is 5.84. The van der Waals surface area contributed by atoms with Crippen LogP contribution in [0.2, 0.25) is 0 Å². The van der Waals surface area contributed by atoms with Crippen LogP contribution in [0.5, 0.6) is 0 Å². The maximum absolute atomic E-state index is 11.9. The van der Waals surface area contributed by atoms with Gasteiger partial charge < -0.3 is 10.0 Å². The van der Waals surface area contributed by atoms with Gasteiger partial charge in [-0.2, -0.15) is 0 Å². The van der Waals surface area contributed by atoms with Crippen LogP contribution in [0.4, 0.5) is 0 Å². The van der Waals surface area contributed by atoms with E-state index < -0.39 is 11.4 Å². The number of carboxylic acids is 1. The first-order chi connectivity index (χ1) is 8.33. The lowest BCUT2D eigenvalue weighted by molar-refractivity contribution is -0.151. The summed E-state index contributed by atoms with van der Waals surface area (Å²) in [7, 11) is 1.67. The lowest BCUT2D eigenvalue weighted by Crippen LogP contribution is -2.34. The fraction of sp³-hybridized carbons (Fsp3) is 0.462. The Balaban J connectivity index is 2.60. The zero-order chi connectivity index (χ0) is 13.8. The predicted molar refractivity (Wildman–Crippen MR) is 66.7 cm³/mol. The summed E-state index contributed by atoms with van der Waals surface area (Å²) in [6.07, 6.45) is 3.31. The van der Waals surface area contributed by atoms with Crippen LogP contribution >= 0.6 is 0 Å². The van der Waals surface area contributed by atoms with E-state index in [1.807, 2.05) is 12.1 Å². The SMILES string of the molecule is CN(Cc1ccncc1)C(=O)CC(C)(C)C(=O)O. The molecule has 1 aromatic rings. The monoisotopic (exact) mass is 250 g/mol. The summed E-state index contributed by atoms with van der Waals surface area (Å²) in [6.45, 7) is 3.55. The summed E-state index contributed by atoms with van der Waals surface area (Å²) in [5.41, 5.74) is -0.0715. The minimum atomic E-state index is -1.04. The van der Waals surface area contributed by atoms with Gasteiger partial charge in [0.2, 0.25) is 5.91 Å². The number of rotatable bonds is 5. The molecule has 5 heteroatoms. The van der Waals surface area contributed by atoms with Crippen LogP contribution in [-0.4, -0.2) is 33.9 Å². The molecule has 0 radical (unpaired) electrons. The van der Waals surface area contributed by atoms with Crippen molar-refractivity contribution in [2.45, 2.75) is 26.8 Å². The molecule has 0 unspecified atom stereocenters. The van der Waals surface area contributed by atoms with Crippen molar-refractivity contribution in [1.82, 2.24) is 9.88 Å². The molecule has 0 spiro atoms. The second kappa shape index (κ2) is 5.62. The van der Waals surface area contributed by atoms with Gasteiger partial charge in [-0.1, -0.05) is 0 Å². The average molecular weight is 250 g/mol. The molecule has 0 saturated heterocycles. The number of pyridine rings is 1. The average Bonchev–Trinajstić information content (AvgIpc) is 2.29. The van der Waals surface area contributed by atoms with Gasteiger partial charge in [0.25, 0.3) is 0 Å². The van der Waals surface area contributed by atoms with Crippen molar-refractivity contribution in [3.63, 3.8) is 0 Å². The number of carbonyl (C=O) groups is 2. The van der Waals surface area contributed by atoms with Crippen LogP contribution in [0.15, 0.2) is 24.5 Å². The van der Waals surface area contributed by atoms with Crippen molar-refractivity contribution < 1.29 is 14.7 Å². The lowest BCUT2D eigenvalue weighted by Gasteiger charge is -2.23. The molecule has 98 valence electrons. The Hall–Kier alpha value is -1.91. The number of aromatic nitrogens is 1. The molecule has 0 aromatic carbocycles. The van der Waals surface area contributed by atoms with E-state index in [0.29, 0.717) is 6.54 Å². The smallest absolute Gasteiger partial charge is 0.309 e. The van der Waals surface area contributed by atoms with Gasteiger partial charge in [-0.05, 0) is 31.5 Å². The van der Waals surface area contributed by atoms with Crippen molar-refractivity contribution in [2.75, 3.05) is 7.05 Å². The van der Waals surface area contributed by atoms with Crippen molar-refractivity contribution in [3.05, 3.63) is 30.1 Å². The molecule has 18 heavy (non-hydrogen) atoms. The van der Waals surface area contributed by atoms with Crippen LogP contribution in [0.25, 0.3) is 0 Å². The van der Waals surface area contributed by atoms with E-state index in [-0.39, 0.29) is 12.3 Å². The Bertz CT molecular complexity index is 429. The molecule has 0 aliphatic carbocycles. The second-order valence-corrected chi connectivity index (χ2v) is 4.97. The highest BCUT2D eigenvalue weighted by Crippen LogP contribution is 2.21. The first kappa shape index (κ1) is 14.2. The number of amides is 1. The molecule has 5 nitrogen and oxygen atoms in total. The second-order valence-electron chi connectivity index (χ2n) is 4.97. The van der Waals surface area contributed by atoms with Gasteiger partial charge in [-0.15, -0.1) is 0 Å². The van der Waals surface area contributed by atoms with Crippen LogP contribution in [0, 0.1) is 5.41 Å². The molecular formula is C13H18N2O3. The molecule has 1 amide bonds. The normalized spacial score (nSPS) is 11.1. The lowest BCUT2D eigenvalue weighted by atomic mass is 9.89. The molecular weight excluding hydrogens is 232 g/mol. The molecule has 0 fully saturated rings. The van der Waals surface area contributed by atoms with E-state index in [4.69, 9.17) is 5.11 Å². The highest BCUT2D eigenvalue weighted by Gasteiger charge is 2.31. The van der Waals surface area contributed by atoms with E-state index in [1.54, 1.807) is 33.3 Å². The summed E-state index contributed by atoms with van der Waals surface area (Å²) in [4.78, 5) is 28.3. The summed E-state index contributed by atoms with van der Waals surface area (Å²) in [5.74, 6) is -1.15. The molecule has 0 aliphatic rings. The summed E-state index contributed by atoms with van der Waals surface area (Å²) in [5, 5.41) is 8.98. The van der Waals surface area contributed by atoms with Gasteiger partial charge in [0, 0.05) is 32.4 Å². The number of nitrogens with zero attached hydrogens (tertiary/aromatic N) is 2. The van der Waals surface area contributed by atoms with Gasteiger partial charge in [0.05, 0.1) is 5.41 Å². The van der Waals surface area contributed by atoms with Crippen LogP contribution in [-0.2, 0) is 16.1 Å². The molecule has 1 heterocycles. The summed E-state index contributed by atoms with van der Waals surface area (Å²) < 4.78 is 0. The number of aliphatic carboxylic acids is 1. The zero-order valence-corrected chi connectivity index (χ0v) is 10.9. The van der Waals surface area contributed by atoms with Crippen LogP contribution in [0.1, 0.15) is 25.8 Å². The minimum absolute atomic E-state index is 0.0100. The Morgan fingerprint density at radius 1 is 1.33 bits per heavy atom. The largest absolute Gasteiger partial charge is 0.481 e. The maximum Gasteiger partial charge on any atom is 0.309 e. The summed E-state index contributed by atoms with van der Waals surface area (Å²) in [6, 6.07) is 3.65. The van der Waals surface area contributed by atoms with Gasteiger partial charge in [0.1, 0.15) is 0 Å². The fourth-order valence-corrected chi connectivity index (χ4v) is 1.44. The Labute approximate surface area is 106 Å². The third-order valence-electron chi connectivity index (χ3n) is 2.77. The fourth-order valence-electron chi connectivity index (χ4n) is 1.44. The van der Waals surface area contributed by atoms with Gasteiger partial charge in [-0.25, -0.2) is 0 Å². The molecule has 1 rings (SSSR count). The standard InChI is InChI=1S/C13H18N2O3/c1-13(2,12(17)18)8-11(16)15(3)9-10-4-6-14-7-5-10/h4-7H,8-9H2,1-3H3,(H,17,18). The Morgan fingerprint density at radius 3 is 2.39 bits per heavy atom. The van der Waals surface area contributed by atoms with E-state index in [9.17, 15) is 9.59 Å². The number of hydrogen-bond donors (Lipinski definition) is 1. The molecule has 0 atom stereocenters. The number of carbonyl (C=O) groups excluding carboxylic acids is 1. The summed E-state index contributed by atoms with van der Waals surface area (Å²) >= 11 is 0. The van der Waals surface area contributed by atoms with E-state index in [2.05, 4.69) is 4.98 Å². The highest BCUT2D eigenvalue weighted by atomic mass is 16.4. The molecule has 0 aliphatic heterocycles. The molecule has 0 bridgehead atoms. The van der Waals surface area contributed by atoms with Gasteiger partial charge in [0.15, 0.2) is 0 Å². The van der Waals surface area contributed by atoms with Crippen molar-refractivity contribution in [1.29, 1.82) is 0 Å². The topological polar surface area (TPSA) is 70.5 Å². The van der Waals surface area contributed by atoms with Gasteiger partial charge in [-0.3, -0.25) is 14.6 Å². The number of hydrogen-bond acceptors (Lipinski definition) is 3. The maximum atomic E-state index is 11.9. The van der Waals surface area contributed by atoms with Crippen molar-refractivity contribution >= 4 is 11.9 Å². The molecule has 0 saturated carbocycles. The Kier molecular flexibility index (Phi) is 4.42. The van der Waals surface area contributed by atoms with Gasteiger partial charge >= 0.3 is 5.97 Å². The first-order valence-corrected chi connectivity index (χ1v) is 5.69. The first-order valence-electron chi connectivity index (χ1n) is 5.69. The predicted octanol–water partition coefficient (Wildman–Crippen LogP) is 1.54. The van der Waals surface area contributed by atoms with E-state index in [1.165, 1.54) is 4.90 Å². The van der Waals surface area contributed by atoms with Crippen LogP contribution in [0.3, 0.4) is 0 Å². The Morgan fingerprint density at radius 2 is 1.89 bits per heavy atom. The van der Waals surface area contributed by atoms with Crippen molar-refractivity contribution in [3.8, 4) is 0 Å². The molecule has 1 aromatic heterocycles. The third kappa shape index (κ3) is 3.84. The van der Waals surface area contributed by atoms with Crippen molar-refractivity contribution in [2.24, 2.45) is 5.41 Å². The van der Waals surface area contributed by atoms with E-state index >= 15 is 0 Å². The molecule has 1 N–H and O–H groups in total. The minimum Gasteiger partial charge on any atom is -0.481 e. The van der Waals surface area contributed by atoms with Crippen LogP contribution < -0.4 is 0 Å². The number of carboxylic acid groups (broad SMARTS) is 1. The third-order valence-corrected chi connectivity index (χ3v) is 2.77. The zero-order valence-electron chi connectivity index (χ0n) is 10.9. The van der Waals surface area contributed by atoms with E-state index in [0.717, 1.165) is 5.56 Å².